The van der Waals surface area contributed by atoms with Crippen LogP contribution >= 0.6 is 22.6 Å². The average molecular weight is 288 g/mol. The highest BCUT2D eigenvalue weighted by molar-refractivity contribution is 14.1. The average Bonchev–Trinajstić information content (AvgIpc) is 2.48. The van der Waals surface area contributed by atoms with Crippen molar-refractivity contribution < 1.29 is 9.53 Å². The van der Waals surface area contributed by atoms with Gasteiger partial charge in [-0.15, -0.1) is 0 Å². The van der Waals surface area contributed by atoms with E-state index in [1.165, 1.54) is 0 Å². The first-order chi connectivity index (χ1) is 6.24. The van der Waals surface area contributed by atoms with Gasteiger partial charge in [0, 0.05) is 17.5 Å². The number of Topliss-reactive ketones (excluding diaryl/α,β-unsaturated/α-hetero) is 1. The van der Waals surface area contributed by atoms with Crippen LogP contribution in [0.1, 0.15) is 22.3 Å². The summed E-state index contributed by atoms with van der Waals surface area (Å²) in [4.78, 5) is 11.4. The van der Waals surface area contributed by atoms with Gasteiger partial charge in [0.05, 0.1) is 10.7 Å². The third-order valence-corrected chi connectivity index (χ3v) is 3.17. The highest BCUT2D eigenvalue weighted by Crippen LogP contribution is 2.34. The third-order valence-electron chi connectivity index (χ3n) is 2.32. The highest BCUT2D eigenvalue weighted by atomic mass is 127. The van der Waals surface area contributed by atoms with Gasteiger partial charge in [0.15, 0.2) is 5.78 Å². The number of hydrogen-bond acceptors (Lipinski definition) is 2. The molecule has 1 aromatic rings. The van der Waals surface area contributed by atoms with Crippen molar-refractivity contribution in [1.29, 1.82) is 0 Å². The van der Waals surface area contributed by atoms with Crippen LogP contribution in [0.25, 0.3) is 0 Å². The van der Waals surface area contributed by atoms with Crippen molar-refractivity contribution in [3.8, 4) is 5.75 Å². The lowest BCUT2D eigenvalue weighted by atomic mass is 10.1. The van der Waals surface area contributed by atoms with Crippen LogP contribution in [-0.4, -0.2) is 12.9 Å². The summed E-state index contributed by atoms with van der Waals surface area (Å²) in [6.45, 7) is 0. The topological polar surface area (TPSA) is 26.3 Å². The fourth-order valence-electron chi connectivity index (χ4n) is 1.70. The number of methoxy groups -OCH3 is 1. The molecule has 1 aliphatic rings. The zero-order chi connectivity index (χ0) is 9.42. The van der Waals surface area contributed by atoms with Crippen LogP contribution in [0.4, 0.5) is 0 Å². The van der Waals surface area contributed by atoms with Crippen molar-refractivity contribution in [3.05, 3.63) is 26.8 Å². The summed E-state index contributed by atoms with van der Waals surface area (Å²) in [5.74, 6) is 1.12. The third kappa shape index (κ3) is 1.35. The number of rotatable bonds is 1. The van der Waals surface area contributed by atoms with E-state index in [4.69, 9.17) is 4.74 Å². The Balaban J connectivity index is 2.64. The second kappa shape index (κ2) is 3.29. The molecule has 0 radical (unpaired) electrons. The maximum atomic E-state index is 11.4. The molecule has 13 heavy (non-hydrogen) atoms. The molecule has 0 bridgehead atoms. The minimum atomic E-state index is 0.240. The van der Waals surface area contributed by atoms with Gasteiger partial charge in [-0.2, -0.15) is 0 Å². The molecular weight excluding hydrogens is 279 g/mol. The van der Waals surface area contributed by atoms with E-state index in [9.17, 15) is 4.79 Å². The van der Waals surface area contributed by atoms with Gasteiger partial charge in [-0.3, -0.25) is 4.79 Å². The molecule has 0 heterocycles. The summed E-state index contributed by atoms with van der Waals surface area (Å²) < 4.78 is 6.35. The molecule has 0 aliphatic heterocycles. The lowest BCUT2D eigenvalue weighted by molar-refractivity contribution is 0.0994. The van der Waals surface area contributed by atoms with Gasteiger partial charge in [-0.1, -0.05) is 0 Å². The number of benzene rings is 1. The summed E-state index contributed by atoms with van der Waals surface area (Å²) in [6, 6.07) is 3.83. The van der Waals surface area contributed by atoms with Crippen molar-refractivity contribution in [2.24, 2.45) is 0 Å². The van der Waals surface area contributed by atoms with Crippen molar-refractivity contribution >= 4 is 28.4 Å². The number of halogens is 1. The minimum Gasteiger partial charge on any atom is -0.495 e. The first-order valence-electron chi connectivity index (χ1n) is 4.12. The molecule has 0 fully saturated rings. The second-order valence-electron chi connectivity index (χ2n) is 3.03. The Morgan fingerprint density at radius 1 is 1.38 bits per heavy atom. The highest BCUT2D eigenvalue weighted by Gasteiger charge is 2.23. The van der Waals surface area contributed by atoms with Crippen molar-refractivity contribution in [1.82, 2.24) is 0 Å². The number of carbonyl (C=O) groups excluding carboxylic acids is 1. The summed E-state index contributed by atoms with van der Waals surface area (Å²) in [5, 5.41) is 0. The van der Waals surface area contributed by atoms with Crippen LogP contribution in [-0.2, 0) is 6.42 Å². The molecular formula is C10H9IO2. The first-order valence-corrected chi connectivity index (χ1v) is 5.20. The molecule has 0 spiro atoms. The van der Waals surface area contributed by atoms with E-state index in [0.29, 0.717) is 6.42 Å². The summed E-state index contributed by atoms with van der Waals surface area (Å²) in [5.41, 5.74) is 1.93. The van der Waals surface area contributed by atoms with Crippen LogP contribution in [0.3, 0.4) is 0 Å². The standard InChI is InChI=1S/C10H9IO2/c1-13-10-7-3-5-9(12)6(7)2-4-8(10)11/h2,4H,3,5H2,1H3. The van der Waals surface area contributed by atoms with Gasteiger partial charge in [-0.25, -0.2) is 0 Å². The molecule has 0 saturated carbocycles. The van der Waals surface area contributed by atoms with E-state index in [1.807, 2.05) is 12.1 Å². The van der Waals surface area contributed by atoms with Gasteiger partial charge in [0.2, 0.25) is 0 Å². The number of hydrogen-bond donors (Lipinski definition) is 0. The van der Waals surface area contributed by atoms with Crippen molar-refractivity contribution in [2.45, 2.75) is 12.8 Å². The fourth-order valence-corrected chi connectivity index (χ4v) is 2.43. The Morgan fingerprint density at radius 3 is 2.85 bits per heavy atom. The summed E-state index contributed by atoms with van der Waals surface area (Å²) >= 11 is 2.22. The van der Waals surface area contributed by atoms with Gasteiger partial charge < -0.3 is 4.74 Å². The Bertz CT molecular complexity index is 371. The van der Waals surface area contributed by atoms with E-state index in [-0.39, 0.29) is 5.78 Å². The number of fused-ring (bicyclic) bond motifs is 1. The van der Waals surface area contributed by atoms with E-state index in [1.54, 1.807) is 7.11 Å². The molecule has 1 aliphatic carbocycles. The number of ether oxygens (including phenoxy) is 1. The maximum Gasteiger partial charge on any atom is 0.163 e. The van der Waals surface area contributed by atoms with Gasteiger partial charge >= 0.3 is 0 Å². The van der Waals surface area contributed by atoms with Gasteiger partial charge in [-0.05, 0) is 41.1 Å². The van der Waals surface area contributed by atoms with Crippen molar-refractivity contribution in [2.75, 3.05) is 7.11 Å². The monoisotopic (exact) mass is 288 g/mol. The molecule has 3 heteroatoms. The number of ketones is 1. The quantitative estimate of drug-likeness (QED) is 0.742. The minimum absolute atomic E-state index is 0.240. The molecule has 1 aromatic carbocycles. The first kappa shape index (κ1) is 8.99. The SMILES string of the molecule is COc1c(I)ccc2c1CCC2=O. The molecule has 0 N–H and O–H groups in total. The summed E-state index contributed by atoms with van der Waals surface area (Å²) in [6.07, 6.45) is 1.46. The molecule has 0 aromatic heterocycles. The van der Waals surface area contributed by atoms with Gasteiger partial charge in [0.1, 0.15) is 5.75 Å². The molecule has 2 rings (SSSR count). The normalized spacial score (nSPS) is 14.5. The Hall–Kier alpha value is -0.580. The Kier molecular flexibility index (Phi) is 2.27. The zero-order valence-electron chi connectivity index (χ0n) is 7.26. The van der Waals surface area contributed by atoms with Crippen LogP contribution in [0.5, 0.6) is 5.75 Å². The molecule has 0 saturated heterocycles. The van der Waals surface area contributed by atoms with E-state index in [0.717, 1.165) is 26.9 Å². The van der Waals surface area contributed by atoms with Gasteiger partial charge in [0.25, 0.3) is 0 Å². The van der Waals surface area contributed by atoms with Crippen LogP contribution in [0.2, 0.25) is 0 Å². The molecule has 0 amide bonds. The molecule has 68 valence electrons. The Morgan fingerprint density at radius 2 is 2.15 bits per heavy atom. The summed E-state index contributed by atoms with van der Waals surface area (Å²) in [7, 11) is 1.65. The van der Waals surface area contributed by atoms with E-state index < -0.39 is 0 Å². The van der Waals surface area contributed by atoms with E-state index >= 15 is 0 Å². The smallest absolute Gasteiger partial charge is 0.163 e. The lowest BCUT2D eigenvalue weighted by Gasteiger charge is -2.07. The van der Waals surface area contributed by atoms with Crippen LogP contribution in [0, 0.1) is 3.57 Å². The predicted molar refractivity (Wildman–Crippen MR) is 58.4 cm³/mol. The zero-order valence-corrected chi connectivity index (χ0v) is 9.42. The molecule has 0 atom stereocenters. The molecule has 0 unspecified atom stereocenters. The maximum absolute atomic E-state index is 11.4. The Labute approximate surface area is 90.4 Å². The van der Waals surface area contributed by atoms with Crippen LogP contribution in [0.15, 0.2) is 12.1 Å². The van der Waals surface area contributed by atoms with Crippen LogP contribution < -0.4 is 4.74 Å². The lowest BCUT2D eigenvalue weighted by Crippen LogP contribution is -1.95. The van der Waals surface area contributed by atoms with E-state index in [2.05, 4.69) is 22.6 Å². The fraction of sp³-hybridized carbons (Fsp3) is 0.300. The second-order valence-corrected chi connectivity index (χ2v) is 4.19. The van der Waals surface area contributed by atoms with Crippen molar-refractivity contribution in [3.63, 3.8) is 0 Å². The molecule has 2 nitrogen and oxygen atoms in total. The predicted octanol–water partition coefficient (Wildman–Crippen LogP) is 2.43. The number of carbonyl (C=O) groups is 1. The largest absolute Gasteiger partial charge is 0.495 e.